The van der Waals surface area contributed by atoms with Gasteiger partial charge in [0.2, 0.25) is 0 Å². The second-order valence-corrected chi connectivity index (χ2v) is 12.6. The molecule has 1 unspecified atom stereocenters. The number of piperazine rings is 1. The Labute approximate surface area is 343 Å². The molecule has 0 bridgehead atoms. The fraction of sp³-hybridized carbons (Fsp3) is 0.268. The number of β-amino-alcohol motifs (C(OH)–C–C–N with tert-alkyl or cyclic N) is 1. The molecule has 9 N–H and O–H groups in total. The van der Waals surface area contributed by atoms with E-state index in [1.54, 1.807) is 24.3 Å². The third-order valence-electron chi connectivity index (χ3n) is 7.96. The van der Waals surface area contributed by atoms with Gasteiger partial charge in [0, 0.05) is 87.3 Å². The third-order valence-corrected chi connectivity index (χ3v) is 7.96. The van der Waals surface area contributed by atoms with Crippen LogP contribution in [-0.2, 0) is 28.8 Å². The number of aliphatic hydroxyl groups is 1. The van der Waals surface area contributed by atoms with Crippen LogP contribution >= 0.6 is 0 Å². The van der Waals surface area contributed by atoms with Gasteiger partial charge in [-0.25, -0.2) is 37.5 Å². The third kappa shape index (κ3) is 25.3. The molecule has 0 radical (unpaired) electrons. The van der Waals surface area contributed by atoms with Crippen LogP contribution in [0.2, 0.25) is 0 Å². The number of aliphatic hydroxyl groups excluding tert-OH is 1. The second-order valence-electron chi connectivity index (χ2n) is 12.6. The highest BCUT2D eigenvalue weighted by Gasteiger charge is 2.20. The Kier molecular flexibility index (Phi) is 24.2. The van der Waals surface area contributed by atoms with Gasteiger partial charge in [0.15, 0.2) is 0 Å². The number of phenols is 1. The summed E-state index contributed by atoms with van der Waals surface area (Å²) in [7, 11) is 0. The van der Waals surface area contributed by atoms with Crippen molar-refractivity contribution in [1.82, 2.24) is 9.80 Å². The summed E-state index contributed by atoms with van der Waals surface area (Å²) in [5.41, 5.74) is 2.96. The van der Waals surface area contributed by atoms with Crippen LogP contribution in [0.4, 0.5) is 14.5 Å². The number of aromatic hydroxyl groups is 1. The number of carbonyl (C=O) groups is 6. The zero-order valence-electron chi connectivity index (χ0n) is 32.1. The highest BCUT2D eigenvalue weighted by atomic mass is 19.1. The first-order valence-corrected chi connectivity index (χ1v) is 17.9. The van der Waals surface area contributed by atoms with E-state index in [0.29, 0.717) is 49.5 Å². The standard InChI is InChI=1S/C29H35F2N3O2.3C4H4O4/c30-24-7-3-22(4-8-24)29(23-5-9-25(31)10-6-23)2-1-15-33-16-18-34(19-17-33)21-28(36)20-32-26-11-13-27(35)14-12-26;3*5-3(6)1-2-4(7)8/h3-14,28-29,32,35-36H,1-2,15-21H2;3*1-2H,(H,5,6)(H,7,8)/b;3*2-1-. The van der Waals surface area contributed by atoms with Crippen molar-refractivity contribution in [3.05, 3.63) is 132 Å². The minimum atomic E-state index is -1.26. The predicted octanol–water partition coefficient (Wildman–Crippen LogP) is 3.81. The number of anilines is 1. The molecule has 17 nitrogen and oxygen atoms in total. The Bertz CT molecular complexity index is 1720. The van der Waals surface area contributed by atoms with Crippen LogP contribution < -0.4 is 5.32 Å². The number of rotatable bonds is 17. The smallest absolute Gasteiger partial charge is 0.328 e. The summed E-state index contributed by atoms with van der Waals surface area (Å²) in [4.78, 5) is 62.1. The predicted molar refractivity (Wildman–Crippen MR) is 213 cm³/mol. The summed E-state index contributed by atoms with van der Waals surface area (Å²) in [6.07, 6.45) is 4.76. The van der Waals surface area contributed by atoms with Crippen molar-refractivity contribution >= 4 is 41.5 Å². The average molecular weight is 844 g/mol. The van der Waals surface area contributed by atoms with E-state index in [1.807, 2.05) is 24.3 Å². The number of nitrogens with one attached hydrogen (secondary N) is 1. The van der Waals surface area contributed by atoms with E-state index < -0.39 is 41.9 Å². The Morgan fingerprint density at radius 3 is 1.27 bits per heavy atom. The summed E-state index contributed by atoms with van der Waals surface area (Å²) < 4.78 is 26.9. The molecule has 60 heavy (non-hydrogen) atoms. The summed E-state index contributed by atoms with van der Waals surface area (Å²) in [6.45, 7) is 5.78. The maximum absolute atomic E-state index is 13.5. The maximum Gasteiger partial charge on any atom is 0.328 e. The van der Waals surface area contributed by atoms with E-state index in [4.69, 9.17) is 30.6 Å². The largest absolute Gasteiger partial charge is 0.508 e. The lowest BCUT2D eigenvalue weighted by Crippen LogP contribution is -2.49. The van der Waals surface area contributed by atoms with Crippen molar-refractivity contribution in [2.75, 3.05) is 51.1 Å². The van der Waals surface area contributed by atoms with Gasteiger partial charge in [0.05, 0.1) is 6.10 Å². The molecule has 3 aromatic rings. The number of hydrogen-bond acceptors (Lipinski definition) is 11. The van der Waals surface area contributed by atoms with Crippen molar-refractivity contribution in [3.8, 4) is 5.75 Å². The molecule has 19 heteroatoms. The Morgan fingerprint density at radius 1 is 0.567 bits per heavy atom. The summed E-state index contributed by atoms with van der Waals surface area (Å²) in [5.74, 6) is -7.73. The summed E-state index contributed by atoms with van der Waals surface area (Å²) in [6, 6.07) is 20.1. The minimum absolute atomic E-state index is 0.101. The SMILES string of the molecule is O=C(O)/C=C\C(=O)O.O=C(O)/C=C\C(=O)O.O=C(O)/C=C\C(=O)O.Oc1ccc(NCC(O)CN2CCN(CCCC(c3ccc(F)cc3)c3ccc(F)cc3)CC2)cc1. The summed E-state index contributed by atoms with van der Waals surface area (Å²) >= 11 is 0. The molecular formula is C41H47F2N3O14. The molecule has 324 valence electrons. The molecule has 0 aliphatic carbocycles. The molecule has 1 atom stereocenters. The molecule has 0 aromatic heterocycles. The molecule has 1 saturated heterocycles. The first-order valence-electron chi connectivity index (χ1n) is 17.9. The van der Waals surface area contributed by atoms with Gasteiger partial charge in [-0.1, -0.05) is 24.3 Å². The maximum atomic E-state index is 13.5. The molecule has 1 aliphatic rings. The molecule has 3 aromatic carbocycles. The first-order chi connectivity index (χ1) is 28.3. The van der Waals surface area contributed by atoms with Gasteiger partial charge in [0.25, 0.3) is 0 Å². The van der Waals surface area contributed by atoms with Crippen LogP contribution in [0, 0.1) is 11.6 Å². The van der Waals surface area contributed by atoms with Gasteiger partial charge in [-0.05, 0) is 79.0 Å². The molecule has 0 amide bonds. The van der Waals surface area contributed by atoms with E-state index in [2.05, 4.69) is 15.1 Å². The highest BCUT2D eigenvalue weighted by Crippen LogP contribution is 2.30. The number of halogens is 2. The van der Waals surface area contributed by atoms with E-state index in [-0.39, 0.29) is 23.3 Å². The van der Waals surface area contributed by atoms with Crippen molar-refractivity contribution in [3.63, 3.8) is 0 Å². The van der Waals surface area contributed by atoms with Crippen LogP contribution in [-0.4, -0.2) is 138 Å². The number of carboxylic acid groups (broad SMARTS) is 6. The number of aliphatic carboxylic acids is 6. The lowest BCUT2D eigenvalue weighted by molar-refractivity contribution is -0.134. The monoisotopic (exact) mass is 843 g/mol. The van der Waals surface area contributed by atoms with Crippen molar-refractivity contribution in [2.24, 2.45) is 0 Å². The minimum Gasteiger partial charge on any atom is -0.508 e. The number of nitrogens with zero attached hydrogens (tertiary/aromatic N) is 2. The van der Waals surface area contributed by atoms with E-state index in [9.17, 15) is 47.8 Å². The Hall–Kier alpha value is -6.96. The molecule has 1 aliphatic heterocycles. The van der Waals surface area contributed by atoms with Crippen LogP contribution in [0.15, 0.2) is 109 Å². The van der Waals surface area contributed by atoms with Crippen molar-refractivity contribution < 1.29 is 78.4 Å². The van der Waals surface area contributed by atoms with Gasteiger partial charge in [-0.3, -0.25) is 4.90 Å². The number of hydrogen-bond donors (Lipinski definition) is 9. The normalized spacial score (nSPS) is 13.3. The fourth-order valence-electron chi connectivity index (χ4n) is 5.24. The van der Waals surface area contributed by atoms with Gasteiger partial charge >= 0.3 is 35.8 Å². The molecule has 0 spiro atoms. The van der Waals surface area contributed by atoms with Crippen LogP contribution in [0.1, 0.15) is 29.9 Å². The lowest BCUT2D eigenvalue weighted by atomic mass is 9.87. The Balaban J connectivity index is 0.000000609. The first kappa shape index (κ1) is 51.1. The molecule has 0 saturated carbocycles. The number of benzene rings is 3. The van der Waals surface area contributed by atoms with Crippen molar-refractivity contribution in [2.45, 2.75) is 24.9 Å². The van der Waals surface area contributed by atoms with Crippen LogP contribution in [0.3, 0.4) is 0 Å². The average Bonchev–Trinajstić information content (AvgIpc) is 3.19. The van der Waals surface area contributed by atoms with Crippen molar-refractivity contribution in [1.29, 1.82) is 0 Å². The highest BCUT2D eigenvalue weighted by molar-refractivity contribution is 5.90. The molecule has 1 fully saturated rings. The van der Waals surface area contributed by atoms with Gasteiger partial charge in [-0.15, -0.1) is 0 Å². The molecule has 4 rings (SSSR count). The van der Waals surface area contributed by atoms with Gasteiger partial charge in [-0.2, -0.15) is 0 Å². The van der Waals surface area contributed by atoms with E-state index >= 15 is 0 Å². The lowest BCUT2D eigenvalue weighted by Gasteiger charge is -2.36. The fourth-order valence-corrected chi connectivity index (χ4v) is 5.24. The van der Waals surface area contributed by atoms with Crippen LogP contribution in [0.5, 0.6) is 5.75 Å². The van der Waals surface area contributed by atoms with E-state index in [0.717, 1.165) is 62.4 Å². The number of carboxylic acids is 6. The van der Waals surface area contributed by atoms with Crippen LogP contribution in [0.25, 0.3) is 0 Å². The topological polar surface area (TPSA) is 283 Å². The van der Waals surface area contributed by atoms with E-state index in [1.165, 1.54) is 24.3 Å². The zero-order valence-corrected chi connectivity index (χ0v) is 32.1. The zero-order chi connectivity index (χ0) is 45.0. The van der Waals surface area contributed by atoms with Gasteiger partial charge < -0.3 is 51.1 Å². The second kappa shape index (κ2) is 28.4. The Morgan fingerprint density at radius 2 is 0.917 bits per heavy atom. The number of phenolic OH excluding ortho intramolecular Hbond substituents is 1. The quantitative estimate of drug-likeness (QED) is 0.0690. The molecule has 1 heterocycles. The van der Waals surface area contributed by atoms with Gasteiger partial charge in [0.1, 0.15) is 17.4 Å². The summed E-state index contributed by atoms with van der Waals surface area (Å²) in [5, 5.41) is 69.9. The molecular weight excluding hydrogens is 796 g/mol.